The number of benzene rings is 2. The third kappa shape index (κ3) is 6.22. The number of anilines is 2. The minimum Gasteiger partial charge on any atom is -0.368 e. The van der Waals surface area contributed by atoms with Crippen LogP contribution in [0.2, 0.25) is 5.02 Å². The lowest BCUT2D eigenvalue weighted by atomic mass is 9.98. The zero-order valence-corrected chi connectivity index (χ0v) is 23.9. The molecule has 4 aromatic rings. The summed E-state index contributed by atoms with van der Waals surface area (Å²) >= 11 is 6.20. The first-order valence-electron chi connectivity index (χ1n) is 13.1. The molecule has 1 fully saturated rings. The topological polar surface area (TPSA) is 135 Å². The zero-order valence-electron chi connectivity index (χ0n) is 22.3. The number of amides is 1. The van der Waals surface area contributed by atoms with Crippen LogP contribution in [-0.2, 0) is 10.0 Å². The molecule has 40 heavy (non-hydrogen) atoms. The van der Waals surface area contributed by atoms with Crippen molar-refractivity contribution in [2.75, 3.05) is 29.4 Å². The first-order valence-corrected chi connectivity index (χ1v) is 15.4. The van der Waals surface area contributed by atoms with Gasteiger partial charge in [-0.15, -0.1) is 0 Å². The molecule has 3 heterocycles. The van der Waals surface area contributed by atoms with Crippen molar-refractivity contribution in [2.45, 2.75) is 38.3 Å². The van der Waals surface area contributed by atoms with Crippen molar-refractivity contribution >= 4 is 44.7 Å². The molecule has 4 N–H and O–H groups in total. The van der Waals surface area contributed by atoms with Crippen LogP contribution < -0.4 is 15.8 Å². The molecule has 0 aliphatic carbocycles. The van der Waals surface area contributed by atoms with E-state index in [4.69, 9.17) is 27.4 Å². The average molecular weight is 582 g/mol. The number of nitrogens with zero attached hydrogens (tertiary/aromatic N) is 4. The number of nitrogens with two attached hydrogens (primary N) is 1. The highest BCUT2D eigenvalue weighted by molar-refractivity contribution is 7.92. The van der Waals surface area contributed by atoms with E-state index in [0.717, 1.165) is 48.2 Å². The molecule has 0 bridgehead atoms. The summed E-state index contributed by atoms with van der Waals surface area (Å²) in [6.07, 6.45) is 5.44. The Bertz CT molecular complexity index is 1640. The largest absolute Gasteiger partial charge is 0.368 e. The molecule has 210 valence electrons. The van der Waals surface area contributed by atoms with Gasteiger partial charge in [-0.25, -0.2) is 17.9 Å². The third-order valence-electron chi connectivity index (χ3n) is 6.98. The number of carbonyl (C=O) groups excluding carboxylic acids is 1. The maximum atomic E-state index is 13.8. The molecule has 1 unspecified atom stereocenters. The van der Waals surface area contributed by atoms with E-state index in [9.17, 15) is 13.2 Å². The lowest BCUT2D eigenvalue weighted by molar-refractivity contribution is 0.0607. The molecule has 1 aliphatic rings. The van der Waals surface area contributed by atoms with Gasteiger partial charge in [0.1, 0.15) is 5.82 Å². The zero-order chi connectivity index (χ0) is 28.4. The van der Waals surface area contributed by atoms with Crippen molar-refractivity contribution < 1.29 is 13.2 Å². The van der Waals surface area contributed by atoms with Gasteiger partial charge in [0.15, 0.2) is 5.65 Å². The Morgan fingerprint density at radius 1 is 1.18 bits per heavy atom. The number of carbonyl (C=O) groups is 1. The van der Waals surface area contributed by atoms with Gasteiger partial charge in [0, 0.05) is 42.0 Å². The summed E-state index contributed by atoms with van der Waals surface area (Å²) in [6, 6.07) is 15.9. The lowest BCUT2D eigenvalue weighted by Crippen LogP contribution is -2.39. The number of piperidine rings is 1. The molecule has 1 saturated heterocycles. The van der Waals surface area contributed by atoms with E-state index >= 15 is 0 Å². The maximum Gasteiger partial charge on any atom is 0.256 e. The van der Waals surface area contributed by atoms with Gasteiger partial charge >= 0.3 is 0 Å². The molecule has 10 nitrogen and oxygen atoms in total. The maximum absolute atomic E-state index is 13.8. The Morgan fingerprint density at radius 3 is 2.70 bits per heavy atom. The van der Waals surface area contributed by atoms with Gasteiger partial charge in [0.05, 0.1) is 29.2 Å². The smallest absolute Gasteiger partial charge is 0.256 e. The number of hydrogen-bond donors (Lipinski definition) is 3. The van der Waals surface area contributed by atoms with Crippen LogP contribution in [0.25, 0.3) is 5.65 Å². The van der Waals surface area contributed by atoms with Gasteiger partial charge < -0.3 is 16.0 Å². The van der Waals surface area contributed by atoms with Gasteiger partial charge in [-0.1, -0.05) is 41.9 Å². The molecule has 5 rings (SSSR count). The highest BCUT2D eigenvalue weighted by Gasteiger charge is 2.32. The number of sulfonamides is 1. The van der Waals surface area contributed by atoms with Gasteiger partial charge in [-0.2, -0.15) is 5.10 Å². The standard InChI is InChI=1S/C28H32ClN7O3S/c1-18-17-36-26(32-27(18)31-16-22(30)19-8-4-3-5-9-19)15-24(33-36)25-10-6-7-13-35(25)28(37)21-14-20(29)11-12-23(21)34-40(2,38)39/h3-5,8-9,11-12,14-15,17,22,25,34H,6-7,10,13,16,30H2,1-2H3,(H,31,32)/t22?,25-/m0/s1. The Kier molecular flexibility index (Phi) is 7.97. The van der Waals surface area contributed by atoms with Crippen LogP contribution in [0.5, 0.6) is 0 Å². The molecule has 12 heteroatoms. The fraction of sp³-hybridized carbons (Fsp3) is 0.321. The highest BCUT2D eigenvalue weighted by Crippen LogP contribution is 2.34. The highest BCUT2D eigenvalue weighted by atomic mass is 35.5. The lowest BCUT2D eigenvalue weighted by Gasteiger charge is -2.35. The fourth-order valence-corrected chi connectivity index (χ4v) is 5.76. The van der Waals surface area contributed by atoms with E-state index in [-0.39, 0.29) is 29.2 Å². The summed E-state index contributed by atoms with van der Waals surface area (Å²) in [4.78, 5) is 20.3. The quantitative estimate of drug-likeness (QED) is 0.278. The second kappa shape index (κ2) is 11.4. The van der Waals surface area contributed by atoms with Crippen molar-refractivity contribution in [2.24, 2.45) is 5.73 Å². The number of nitrogens with one attached hydrogen (secondary N) is 2. The number of likely N-dealkylation sites (tertiary alicyclic amines) is 1. The number of aryl methyl sites for hydroxylation is 1. The predicted octanol–water partition coefficient (Wildman–Crippen LogP) is 4.54. The van der Waals surface area contributed by atoms with Crippen LogP contribution in [0.3, 0.4) is 0 Å². The van der Waals surface area contributed by atoms with Crippen LogP contribution in [0, 0.1) is 6.92 Å². The van der Waals surface area contributed by atoms with E-state index in [2.05, 4.69) is 10.0 Å². The van der Waals surface area contributed by atoms with Crippen molar-refractivity contribution in [3.8, 4) is 0 Å². The normalized spacial score (nSPS) is 16.6. The van der Waals surface area contributed by atoms with Crippen LogP contribution in [0.1, 0.15) is 58.5 Å². The summed E-state index contributed by atoms with van der Waals surface area (Å²) in [6.45, 7) is 2.98. The van der Waals surface area contributed by atoms with Crippen molar-refractivity contribution in [3.63, 3.8) is 0 Å². The Morgan fingerprint density at radius 2 is 1.95 bits per heavy atom. The molecular weight excluding hydrogens is 550 g/mol. The van der Waals surface area contributed by atoms with E-state index in [0.29, 0.717) is 23.8 Å². The van der Waals surface area contributed by atoms with Crippen molar-refractivity contribution in [1.82, 2.24) is 19.5 Å². The number of fused-ring (bicyclic) bond motifs is 1. The van der Waals surface area contributed by atoms with Crippen molar-refractivity contribution in [1.29, 1.82) is 0 Å². The summed E-state index contributed by atoms with van der Waals surface area (Å²) in [5, 5.41) is 8.48. The van der Waals surface area contributed by atoms with Crippen LogP contribution >= 0.6 is 11.6 Å². The summed E-state index contributed by atoms with van der Waals surface area (Å²) in [5.74, 6) is 0.411. The average Bonchev–Trinajstić information content (AvgIpc) is 3.34. The number of hydrogen-bond acceptors (Lipinski definition) is 7. The molecule has 2 aromatic heterocycles. The second-order valence-electron chi connectivity index (χ2n) is 10.1. The van der Waals surface area contributed by atoms with Crippen molar-refractivity contribution in [3.05, 3.63) is 88.2 Å². The molecule has 0 radical (unpaired) electrons. The van der Waals surface area contributed by atoms with Crippen LogP contribution in [0.15, 0.2) is 60.8 Å². The minimum atomic E-state index is -3.60. The molecule has 0 saturated carbocycles. The van der Waals surface area contributed by atoms with E-state index in [1.165, 1.54) is 12.1 Å². The van der Waals surface area contributed by atoms with Gasteiger partial charge in [0.25, 0.3) is 5.91 Å². The number of aromatic nitrogens is 3. The monoisotopic (exact) mass is 581 g/mol. The van der Waals surface area contributed by atoms with Gasteiger partial charge in [-0.3, -0.25) is 9.52 Å². The van der Waals surface area contributed by atoms with E-state index < -0.39 is 10.0 Å². The Labute approximate surface area is 238 Å². The summed E-state index contributed by atoms with van der Waals surface area (Å²) < 4.78 is 28.0. The number of halogens is 1. The van der Waals surface area contributed by atoms with Gasteiger partial charge in [-0.05, 0) is 49.9 Å². The Hall–Kier alpha value is -3.67. The summed E-state index contributed by atoms with van der Waals surface area (Å²) in [5.41, 5.74) is 10.1. The molecule has 2 atom stereocenters. The SMILES string of the molecule is Cc1cn2nc([C@@H]3CCCCN3C(=O)c3cc(Cl)ccc3NS(C)(=O)=O)cc2nc1NCC(N)c1ccccc1. The second-order valence-corrected chi connectivity index (χ2v) is 12.3. The van der Waals surface area contributed by atoms with Crippen LogP contribution in [0.4, 0.5) is 11.5 Å². The Balaban J connectivity index is 1.41. The van der Waals surface area contributed by atoms with Crippen LogP contribution in [-0.4, -0.2) is 53.2 Å². The fourth-order valence-electron chi connectivity index (χ4n) is 5.01. The minimum absolute atomic E-state index is 0.186. The van der Waals surface area contributed by atoms with Gasteiger partial charge in [0.2, 0.25) is 10.0 Å². The molecular formula is C28H32ClN7O3S. The van der Waals surface area contributed by atoms with E-state index in [1.807, 2.05) is 49.5 Å². The first kappa shape index (κ1) is 27.9. The molecule has 0 spiro atoms. The summed E-state index contributed by atoms with van der Waals surface area (Å²) in [7, 11) is -3.60. The van der Waals surface area contributed by atoms with E-state index in [1.54, 1.807) is 15.5 Å². The molecule has 2 aromatic carbocycles. The molecule has 1 amide bonds. The third-order valence-corrected chi connectivity index (χ3v) is 7.81. The first-order chi connectivity index (χ1) is 19.1. The molecule has 1 aliphatic heterocycles. The predicted molar refractivity (Wildman–Crippen MR) is 157 cm³/mol. The number of rotatable bonds is 8.